The zero-order valence-corrected chi connectivity index (χ0v) is 8.59. The number of likely N-dealkylation sites (N-methyl/N-ethyl adjacent to an activating group) is 1. The maximum Gasteiger partial charge on any atom is 0.314 e. The first-order valence-electron chi connectivity index (χ1n) is 4.33. The summed E-state index contributed by atoms with van der Waals surface area (Å²) < 4.78 is 4.92. The number of carbonyl (C=O) groups excluding carboxylic acids is 1. The van der Waals surface area contributed by atoms with Gasteiger partial charge in [-0.25, -0.2) is 4.79 Å². The number of carbonyl (C=O) groups is 1. The van der Waals surface area contributed by atoms with E-state index in [2.05, 4.69) is 15.5 Å². The second-order valence-electron chi connectivity index (χ2n) is 2.80. The maximum atomic E-state index is 10.7. The Bertz CT molecular complexity index is 141. The van der Waals surface area contributed by atoms with E-state index in [4.69, 9.17) is 4.74 Å². The Morgan fingerprint density at radius 1 is 1.46 bits per heavy atom. The number of rotatable bonds is 6. The highest BCUT2D eigenvalue weighted by Gasteiger charge is 1.98. The van der Waals surface area contributed by atoms with Gasteiger partial charge in [-0.3, -0.25) is 0 Å². The summed E-state index contributed by atoms with van der Waals surface area (Å²) in [5.74, 6) is 0. The molecule has 78 valence electrons. The van der Waals surface area contributed by atoms with Crippen LogP contribution in [-0.2, 0) is 4.74 Å². The van der Waals surface area contributed by atoms with Crippen molar-refractivity contribution < 1.29 is 9.53 Å². The molecule has 0 aromatic heterocycles. The molecule has 13 heavy (non-hydrogen) atoms. The summed E-state index contributed by atoms with van der Waals surface area (Å²) in [7, 11) is 5.27. The Balaban J connectivity index is 3.26. The van der Waals surface area contributed by atoms with Crippen molar-refractivity contribution in [2.75, 3.05) is 47.4 Å². The molecule has 0 saturated carbocycles. The standard InChI is InChI=1S/C8H19N3O2/c1-9-8(12)10-4-5-11(2)6-7-13-3/h4-7H2,1-3H3,(H2,9,10,12). The smallest absolute Gasteiger partial charge is 0.314 e. The molecule has 0 saturated heterocycles. The number of nitrogens with one attached hydrogen (secondary N) is 2. The van der Waals surface area contributed by atoms with Crippen LogP contribution >= 0.6 is 0 Å². The Kier molecular flexibility index (Phi) is 7.33. The molecule has 0 spiro atoms. The van der Waals surface area contributed by atoms with Gasteiger partial charge in [-0.1, -0.05) is 0 Å². The molecule has 0 radical (unpaired) electrons. The minimum Gasteiger partial charge on any atom is -0.383 e. The highest BCUT2D eigenvalue weighted by Crippen LogP contribution is 1.80. The third kappa shape index (κ3) is 7.55. The van der Waals surface area contributed by atoms with Gasteiger partial charge in [0.2, 0.25) is 0 Å². The molecule has 0 fully saturated rings. The predicted octanol–water partition coefficient (Wildman–Crippen LogP) is -0.506. The summed E-state index contributed by atoms with van der Waals surface area (Å²) in [4.78, 5) is 12.8. The van der Waals surface area contributed by atoms with Gasteiger partial charge in [0.25, 0.3) is 0 Å². The Morgan fingerprint density at radius 3 is 2.69 bits per heavy atom. The SMILES string of the molecule is CNC(=O)NCCN(C)CCOC. The molecule has 0 rings (SSSR count). The summed E-state index contributed by atoms with van der Waals surface area (Å²) in [5, 5.41) is 5.20. The Morgan fingerprint density at radius 2 is 2.15 bits per heavy atom. The normalized spacial score (nSPS) is 10.2. The lowest BCUT2D eigenvalue weighted by Gasteiger charge is -2.15. The van der Waals surface area contributed by atoms with Crippen molar-refractivity contribution in [2.24, 2.45) is 0 Å². The first kappa shape index (κ1) is 12.2. The monoisotopic (exact) mass is 189 g/mol. The molecule has 5 nitrogen and oxygen atoms in total. The lowest BCUT2D eigenvalue weighted by Crippen LogP contribution is -2.38. The predicted molar refractivity (Wildman–Crippen MR) is 51.8 cm³/mol. The minimum absolute atomic E-state index is 0.139. The topological polar surface area (TPSA) is 53.6 Å². The lowest BCUT2D eigenvalue weighted by molar-refractivity contribution is 0.161. The van der Waals surface area contributed by atoms with E-state index in [0.29, 0.717) is 6.54 Å². The van der Waals surface area contributed by atoms with E-state index in [1.807, 2.05) is 7.05 Å². The van der Waals surface area contributed by atoms with Crippen LogP contribution in [0.3, 0.4) is 0 Å². The molecule has 0 aliphatic heterocycles. The van der Waals surface area contributed by atoms with Gasteiger partial charge in [0, 0.05) is 33.8 Å². The van der Waals surface area contributed by atoms with Gasteiger partial charge < -0.3 is 20.3 Å². The number of ether oxygens (including phenoxy) is 1. The third-order valence-corrected chi connectivity index (χ3v) is 1.68. The van der Waals surface area contributed by atoms with Crippen LogP contribution in [0.25, 0.3) is 0 Å². The summed E-state index contributed by atoms with van der Waals surface area (Å²) in [6, 6.07) is -0.139. The Hall–Kier alpha value is -0.810. The summed E-state index contributed by atoms with van der Waals surface area (Å²) in [5.41, 5.74) is 0. The van der Waals surface area contributed by atoms with Gasteiger partial charge >= 0.3 is 6.03 Å². The number of hydrogen-bond donors (Lipinski definition) is 2. The largest absolute Gasteiger partial charge is 0.383 e. The van der Waals surface area contributed by atoms with Crippen LogP contribution in [0, 0.1) is 0 Å². The number of hydrogen-bond acceptors (Lipinski definition) is 3. The number of methoxy groups -OCH3 is 1. The fourth-order valence-electron chi connectivity index (χ4n) is 0.808. The van der Waals surface area contributed by atoms with Gasteiger partial charge in [-0.2, -0.15) is 0 Å². The molecule has 0 aromatic carbocycles. The van der Waals surface area contributed by atoms with Gasteiger partial charge in [0.1, 0.15) is 0 Å². The average Bonchev–Trinajstić information content (AvgIpc) is 2.14. The maximum absolute atomic E-state index is 10.7. The summed E-state index contributed by atoms with van der Waals surface area (Å²) in [6.45, 7) is 3.08. The van der Waals surface area contributed by atoms with E-state index in [9.17, 15) is 4.79 Å². The van der Waals surface area contributed by atoms with Crippen molar-refractivity contribution in [1.82, 2.24) is 15.5 Å². The van der Waals surface area contributed by atoms with Crippen LogP contribution in [0.15, 0.2) is 0 Å². The van der Waals surface area contributed by atoms with Crippen molar-refractivity contribution >= 4 is 6.03 Å². The zero-order chi connectivity index (χ0) is 10.1. The van der Waals surface area contributed by atoms with Crippen LogP contribution in [0.1, 0.15) is 0 Å². The van der Waals surface area contributed by atoms with E-state index in [1.165, 1.54) is 0 Å². The van der Waals surface area contributed by atoms with Crippen LogP contribution in [0.5, 0.6) is 0 Å². The molecular weight excluding hydrogens is 170 g/mol. The number of nitrogens with zero attached hydrogens (tertiary/aromatic N) is 1. The van der Waals surface area contributed by atoms with Crippen LogP contribution in [-0.4, -0.2) is 58.4 Å². The molecule has 2 amide bonds. The van der Waals surface area contributed by atoms with Crippen molar-refractivity contribution in [1.29, 1.82) is 0 Å². The van der Waals surface area contributed by atoms with Crippen molar-refractivity contribution in [3.63, 3.8) is 0 Å². The summed E-state index contributed by atoms with van der Waals surface area (Å²) >= 11 is 0. The van der Waals surface area contributed by atoms with Gasteiger partial charge in [-0.15, -0.1) is 0 Å². The van der Waals surface area contributed by atoms with Crippen molar-refractivity contribution in [3.05, 3.63) is 0 Å². The fraction of sp³-hybridized carbons (Fsp3) is 0.875. The number of urea groups is 1. The molecule has 5 heteroatoms. The van der Waals surface area contributed by atoms with Crippen molar-refractivity contribution in [3.8, 4) is 0 Å². The van der Waals surface area contributed by atoms with E-state index in [-0.39, 0.29) is 6.03 Å². The number of amides is 2. The first-order valence-corrected chi connectivity index (χ1v) is 4.33. The molecule has 0 aromatic rings. The molecule has 0 atom stereocenters. The molecule has 0 heterocycles. The molecule has 0 aliphatic carbocycles. The highest BCUT2D eigenvalue weighted by atomic mass is 16.5. The van der Waals surface area contributed by atoms with E-state index in [1.54, 1.807) is 14.2 Å². The van der Waals surface area contributed by atoms with E-state index < -0.39 is 0 Å². The van der Waals surface area contributed by atoms with Crippen LogP contribution in [0.4, 0.5) is 4.79 Å². The summed E-state index contributed by atoms with van der Waals surface area (Å²) in [6.07, 6.45) is 0. The third-order valence-electron chi connectivity index (χ3n) is 1.68. The zero-order valence-electron chi connectivity index (χ0n) is 8.59. The van der Waals surface area contributed by atoms with E-state index >= 15 is 0 Å². The van der Waals surface area contributed by atoms with Crippen molar-refractivity contribution in [2.45, 2.75) is 0 Å². The highest BCUT2D eigenvalue weighted by molar-refractivity contribution is 5.73. The molecular formula is C8H19N3O2. The second kappa shape index (κ2) is 7.82. The van der Waals surface area contributed by atoms with Gasteiger partial charge in [0.15, 0.2) is 0 Å². The van der Waals surface area contributed by atoms with Crippen LogP contribution < -0.4 is 10.6 Å². The lowest BCUT2D eigenvalue weighted by atomic mass is 10.5. The quantitative estimate of drug-likeness (QED) is 0.592. The second-order valence-corrected chi connectivity index (χ2v) is 2.80. The fourth-order valence-corrected chi connectivity index (χ4v) is 0.808. The van der Waals surface area contributed by atoms with E-state index in [0.717, 1.165) is 19.7 Å². The molecule has 0 bridgehead atoms. The minimum atomic E-state index is -0.139. The van der Waals surface area contributed by atoms with Gasteiger partial charge in [-0.05, 0) is 7.05 Å². The molecule has 2 N–H and O–H groups in total. The first-order chi connectivity index (χ1) is 6.20. The van der Waals surface area contributed by atoms with Gasteiger partial charge in [0.05, 0.1) is 6.61 Å². The van der Waals surface area contributed by atoms with Crippen LogP contribution in [0.2, 0.25) is 0 Å². The Labute approximate surface area is 79.4 Å². The molecule has 0 unspecified atom stereocenters. The molecule has 0 aliphatic rings. The average molecular weight is 189 g/mol.